The Bertz CT molecular complexity index is 3690. The molecule has 5 nitrogen and oxygen atoms in total. The van der Waals surface area contributed by atoms with E-state index in [0.29, 0.717) is 17.5 Å². The van der Waals surface area contributed by atoms with Crippen LogP contribution in [0.2, 0.25) is 0 Å². The van der Waals surface area contributed by atoms with Crippen molar-refractivity contribution in [2.75, 3.05) is 0 Å². The van der Waals surface area contributed by atoms with E-state index in [9.17, 15) is 0 Å². The Balaban J connectivity index is 1.24. The highest BCUT2D eigenvalue weighted by atomic mass is 15.0. The van der Waals surface area contributed by atoms with E-state index in [1.807, 2.05) is 36.4 Å². The summed E-state index contributed by atoms with van der Waals surface area (Å²) in [5.41, 5.74) is 15.1. The zero-order chi connectivity index (χ0) is 39.0. The molecule has 0 atom stereocenters. The number of aromatic nitrogens is 5. The van der Waals surface area contributed by atoms with Gasteiger partial charge < -0.3 is 8.80 Å². The Morgan fingerprint density at radius 1 is 0.356 bits per heavy atom. The molecule has 59 heavy (non-hydrogen) atoms. The summed E-state index contributed by atoms with van der Waals surface area (Å²) in [5.74, 6) is 1.94. The van der Waals surface area contributed by atoms with Gasteiger partial charge in [0.2, 0.25) is 0 Å². The molecular formula is C54H35N5. The van der Waals surface area contributed by atoms with Crippen molar-refractivity contribution in [3.05, 3.63) is 187 Å². The maximum atomic E-state index is 5.25. The van der Waals surface area contributed by atoms with Crippen LogP contribution in [0.5, 0.6) is 0 Å². The molecule has 13 rings (SSSR count). The van der Waals surface area contributed by atoms with E-state index in [0.717, 1.165) is 38.5 Å². The van der Waals surface area contributed by atoms with Crippen LogP contribution in [0.4, 0.5) is 0 Å². The van der Waals surface area contributed by atoms with Crippen molar-refractivity contribution in [1.82, 2.24) is 23.8 Å². The number of hydrogen-bond donors (Lipinski definition) is 0. The van der Waals surface area contributed by atoms with Gasteiger partial charge in [0.25, 0.3) is 0 Å². The van der Waals surface area contributed by atoms with Crippen molar-refractivity contribution in [2.24, 2.45) is 0 Å². The van der Waals surface area contributed by atoms with Gasteiger partial charge in [0.1, 0.15) is 0 Å². The number of fused-ring (bicyclic) bond motifs is 13. The fourth-order valence-corrected chi connectivity index (χ4v) is 10.3. The van der Waals surface area contributed by atoms with Crippen LogP contribution in [0, 0.1) is 0 Å². The molecule has 0 radical (unpaired) electrons. The lowest BCUT2D eigenvalue weighted by molar-refractivity contribution is 0.661. The molecule has 5 heteroatoms. The molecule has 0 N–H and O–H groups in total. The van der Waals surface area contributed by atoms with Gasteiger partial charge in [-0.3, -0.25) is 0 Å². The molecular weight excluding hydrogens is 719 g/mol. The Hall–Kier alpha value is -7.63. The predicted molar refractivity (Wildman–Crippen MR) is 243 cm³/mol. The molecule has 0 aliphatic heterocycles. The molecule has 0 amide bonds. The maximum Gasteiger partial charge on any atom is 0.164 e. The van der Waals surface area contributed by atoms with Crippen LogP contribution in [0.15, 0.2) is 176 Å². The normalized spacial score (nSPS) is 13.4. The van der Waals surface area contributed by atoms with E-state index in [4.69, 9.17) is 15.0 Å². The van der Waals surface area contributed by atoms with Crippen molar-refractivity contribution in [1.29, 1.82) is 0 Å². The summed E-state index contributed by atoms with van der Waals surface area (Å²) in [5, 5.41) is 7.16. The quantitative estimate of drug-likeness (QED) is 0.180. The summed E-state index contributed by atoms with van der Waals surface area (Å²) in [7, 11) is 0. The first kappa shape index (κ1) is 32.5. The van der Waals surface area contributed by atoms with Gasteiger partial charge in [-0.15, -0.1) is 0 Å². The molecule has 12 aromatic rings. The molecule has 1 aliphatic carbocycles. The molecule has 0 bridgehead atoms. The second-order valence-electron chi connectivity index (χ2n) is 16.4. The molecule has 0 unspecified atom stereocenters. The van der Waals surface area contributed by atoms with Crippen LogP contribution in [0.25, 0.3) is 111 Å². The third-order valence-corrected chi connectivity index (χ3v) is 12.9. The second kappa shape index (κ2) is 11.7. The lowest BCUT2D eigenvalue weighted by Gasteiger charge is -2.22. The van der Waals surface area contributed by atoms with Crippen LogP contribution in [0.3, 0.4) is 0 Å². The topological polar surface area (TPSA) is 47.5 Å². The Morgan fingerprint density at radius 3 is 1.68 bits per heavy atom. The first-order valence-corrected chi connectivity index (χ1v) is 20.3. The van der Waals surface area contributed by atoms with Crippen LogP contribution in [-0.2, 0) is 5.41 Å². The SMILES string of the molecule is CC1(C)c2ccccc2-c2cc3c(cc21)c1cccc2c4c(-c5nc(-c6ccccc6)nc(-c6ccccc6)n5)cccc4n(c4cccc5c6ccccc6n3c54)c12. The smallest absolute Gasteiger partial charge is 0.164 e. The number of benzene rings is 8. The summed E-state index contributed by atoms with van der Waals surface area (Å²) < 4.78 is 5.04. The van der Waals surface area contributed by atoms with Crippen molar-refractivity contribution in [3.63, 3.8) is 0 Å². The monoisotopic (exact) mass is 753 g/mol. The van der Waals surface area contributed by atoms with Crippen molar-refractivity contribution in [3.8, 4) is 45.3 Å². The Kier molecular flexibility index (Phi) is 6.44. The maximum absolute atomic E-state index is 5.25. The Morgan fingerprint density at radius 2 is 0.898 bits per heavy atom. The van der Waals surface area contributed by atoms with Gasteiger partial charge in [0, 0.05) is 54.4 Å². The third-order valence-electron chi connectivity index (χ3n) is 12.9. The standard InChI is InChI=1S/C54H35N5/c1-54(2)42-26-11-9-20-34(42)40-31-47-41(30-43(40)54)37-22-13-24-38-48-39(53-56-51(32-16-5-3-6-17-32)55-52(57-53)33-18-7-4-8-19-33)25-15-28-45(48)59(49(37)38)46-29-14-23-36-35-21-10-12-27-44(35)58(47)50(36)46/h3-31H,1-2H3. The van der Waals surface area contributed by atoms with Crippen molar-refractivity contribution in [2.45, 2.75) is 19.3 Å². The van der Waals surface area contributed by atoms with E-state index < -0.39 is 0 Å². The van der Waals surface area contributed by atoms with E-state index in [2.05, 4.69) is 162 Å². The highest BCUT2D eigenvalue weighted by Crippen LogP contribution is 2.51. The van der Waals surface area contributed by atoms with Gasteiger partial charge in [-0.25, -0.2) is 15.0 Å². The van der Waals surface area contributed by atoms with Gasteiger partial charge >= 0.3 is 0 Å². The molecule has 0 saturated carbocycles. The van der Waals surface area contributed by atoms with Gasteiger partial charge in [-0.05, 0) is 52.6 Å². The number of para-hydroxylation sites is 3. The van der Waals surface area contributed by atoms with Gasteiger partial charge in [0.05, 0.1) is 33.1 Å². The lowest BCUT2D eigenvalue weighted by Crippen LogP contribution is -2.14. The number of rotatable bonds is 3. The second-order valence-corrected chi connectivity index (χ2v) is 16.4. The summed E-state index contributed by atoms with van der Waals surface area (Å²) in [6, 6.07) is 63.4. The van der Waals surface area contributed by atoms with Crippen LogP contribution in [0.1, 0.15) is 25.0 Å². The molecule has 4 aromatic heterocycles. The number of nitrogens with zero attached hydrogens (tertiary/aromatic N) is 5. The first-order valence-electron chi connectivity index (χ1n) is 20.3. The van der Waals surface area contributed by atoms with E-state index >= 15 is 0 Å². The fraction of sp³-hybridized carbons (Fsp3) is 0.0556. The summed E-state index contributed by atoms with van der Waals surface area (Å²) in [6.45, 7) is 4.75. The van der Waals surface area contributed by atoms with Gasteiger partial charge in [0.15, 0.2) is 17.5 Å². The molecule has 276 valence electrons. The largest absolute Gasteiger partial charge is 0.307 e. The summed E-state index contributed by atoms with van der Waals surface area (Å²) in [4.78, 5) is 15.5. The van der Waals surface area contributed by atoms with E-state index in [1.165, 1.54) is 65.9 Å². The highest BCUT2D eigenvalue weighted by molar-refractivity contribution is 6.25. The average Bonchev–Trinajstić information content (AvgIpc) is 3.89. The highest BCUT2D eigenvalue weighted by Gasteiger charge is 2.36. The minimum absolute atomic E-state index is 0.158. The van der Waals surface area contributed by atoms with Crippen LogP contribution >= 0.6 is 0 Å². The Labute approximate surface area is 339 Å². The summed E-state index contributed by atoms with van der Waals surface area (Å²) >= 11 is 0. The molecule has 0 saturated heterocycles. The molecule has 8 aromatic carbocycles. The fourth-order valence-electron chi connectivity index (χ4n) is 10.3. The molecule has 4 heterocycles. The van der Waals surface area contributed by atoms with E-state index in [1.54, 1.807) is 0 Å². The molecule has 1 aliphatic rings. The summed E-state index contributed by atoms with van der Waals surface area (Å²) in [6.07, 6.45) is 0. The minimum Gasteiger partial charge on any atom is -0.307 e. The lowest BCUT2D eigenvalue weighted by atomic mass is 9.82. The average molecular weight is 754 g/mol. The first-order chi connectivity index (χ1) is 29.0. The van der Waals surface area contributed by atoms with Gasteiger partial charge in [-0.2, -0.15) is 0 Å². The number of hydrogen-bond acceptors (Lipinski definition) is 3. The van der Waals surface area contributed by atoms with Gasteiger partial charge in [-0.1, -0.05) is 159 Å². The zero-order valence-corrected chi connectivity index (χ0v) is 32.5. The zero-order valence-electron chi connectivity index (χ0n) is 32.5. The third kappa shape index (κ3) is 4.36. The molecule has 0 fully saturated rings. The van der Waals surface area contributed by atoms with Crippen molar-refractivity contribution < 1.29 is 0 Å². The predicted octanol–water partition coefficient (Wildman–Crippen LogP) is 13.5. The molecule has 0 spiro atoms. The minimum atomic E-state index is -0.158. The van der Waals surface area contributed by atoms with Crippen LogP contribution < -0.4 is 0 Å². The van der Waals surface area contributed by atoms with E-state index in [-0.39, 0.29) is 5.41 Å². The van der Waals surface area contributed by atoms with Crippen LogP contribution in [-0.4, -0.2) is 23.8 Å². The van der Waals surface area contributed by atoms with Crippen molar-refractivity contribution >= 4 is 65.4 Å².